The van der Waals surface area contributed by atoms with E-state index >= 15 is 0 Å². The molecule has 0 heterocycles. The first-order valence-electron chi connectivity index (χ1n) is 16.7. The Morgan fingerprint density at radius 1 is 0.583 bits per heavy atom. The van der Waals surface area contributed by atoms with E-state index in [0.29, 0.717) is 29.0 Å². The van der Waals surface area contributed by atoms with Crippen molar-refractivity contribution < 1.29 is 61.2 Å². The quantitative estimate of drug-likeness (QED) is 0.0912. The van der Waals surface area contributed by atoms with Crippen LogP contribution in [0.15, 0.2) is 112 Å². The molecule has 4 aromatic rings. The molecule has 2 amide bonds. The van der Waals surface area contributed by atoms with E-state index in [1.165, 1.54) is 24.3 Å². The Hall–Kier alpha value is -5.46. The van der Waals surface area contributed by atoms with Crippen LogP contribution in [-0.2, 0) is 54.7 Å². The number of benzene rings is 4. The number of carbonyl (C=O) groups is 2. The molecule has 0 bridgehead atoms. The highest BCUT2D eigenvalue weighted by Gasteiger charge is 2.33. The number of aliphatic imine (C=N–C) groups is 2. The summed E-state index contributed by atoms with van der Waals surface area (Å²) in [7, 11) is -12.5. The van der Waals surface area contributed by atoms with Gasteiger partial charge < -0.3 is 22.9 Å². The van der Waals surface area contributed by atoms with Gasteiger partial charge in [0.25, 0.3) is 11.8 Å². The molecule has 0 saturated heterocycles. The van der Waals surface area contributed by atoms with Crippen LogP contribution in [0.1, 0.15) is 56.8 Å². The van der Waals surface area contributed by atoms with Crippen molar-refractivity contribution in [1.29, 1.82) is 0 Å². The van der Waals surface area contributed by atoms with Crippen LogP contribution in [0.4, 0.5) is 26.3 Å². The van der Waals surface area contributed by atoms with Gasteiger partial charge in [0.05, 0.1) is 30.7 Å². The van der Waals surface area contributed by atoms with Gasteiger partial charge in [-0.25, -0.2) is 25.3 Å². The molecule has 0 aliphatic heterocycles. The van der Waals surface area contributed by atoms with E-state index in [4.69, 9.17) is 22.9 Å². The summed E-state index contributed by atoms with van der Waals surface area (Å²) in [6, 6.07) is 11.5. The van der Waals surface area contributed by atoms with Gasteiger partial charge in [-0.15, -0.1) is 0 Å². The van der Waals surface area contributed by atoms with E-state index in [1.54, 1.807) is 13.8 Å². The van der Waals surface area contributed by atoms with Gasteiger partial charge in [-0.3, -0.25) is 9.59 Å². The zero-order valence-electron chi connectivity index (χ0n) is 31.7. The topological polar surface area (TPSA) is 265 Å². The van der Waals surface area contributed by atoms with Crippen LogP contribution in [0.25, 0.3) is 0 Å². The molecule has 60 heavy (non-hydrogen) atoms. The summed E-state index contributed by atoms with van der Waals surface area (Å²) in [4.78, 5) is 30.0. The van der Waals surface area contributed by atoms with Crippen molar-refractivity contribution >= 4 is 65.0 Å². The van der Waals surface area contributed by atoms with Crippen molar-refractivity contribution in [1.82, 2.24) is 0 Å². The second kappa shape index (κ2) is 18.4. The van der Waals surface area contributed by atoms with Gasteiger partial charge in [0.1, 0.15) is 0 Å². The maximum Gasteiger partial charge on any atom is 0.416 e. The monoisotopic (exact) mass is 922 g/mol. The van der Waals surface area contributed by atoms with E-state index in [0.717, 1.165) is 60.7 Å². The Labute approximate surface area is 344 Å². The standard InChI is InChI=1S/C18H18F3N3O5S2.C18H18F3N3O3S2/c1-3-10-8-15(14(30(2,26)27)9-13(10)16(25)24-17(22)23)31(28,29)12-6-4-11(5-7-12)18(19,20)21;1-3-10-8-14(28-12-6-4-11(5-7-12)18(19,20)21)15(29(2,26)27)9-13(10)16(25)24-17(22)23/h4-9H,3H2,1-2H3,(H4,22,23,24,25);4-9H,3H2,1-2H3,(H4,22,23,24,25). The predicted molar refractivity (Wildman–Crippen MR) is 211 cm³/mol. The molecule has 0 radical (unpaired) electrons. The van der Waals surface area contributed by atoms with Crippen LogP contribution in [0, 0.1) is 0 Å². The molecule has 0 aliphatic carbocycles. The average Bonchev–Trinajstić information content (AvgIpc) is 3.12. The molecule has 8 N–H and O–H groups in total. The minimum atomic E-state index is -4.68. The normalized spacial score (nSPS) is 12.2. The van der Waals surface area contributed by atoms with E-state index in [-0.39, 0.29) is 32.9 Å². The van der Waals surface area contributed by atoms with Crippen molar-refractivity contribution in [3.05, 3.63) is 106 Å². The van der Waals surface area contributed by atoms with Crippen molar-refractivity contribution in [3.8, 4) is 0 Å². The Morgan fingerprint density at radius 3 is 1.33 bits per heavy atom. The number of hydrogen-bond acceptors (Lipinski definition) is 9. The van der Waals surface area contributed by atoms with Crippen LogP contribution < -0.4 is 22.9 Å². The fraction of sp³-hybridized carbons (Fsp3) is 0.222. The fourth-order valence-corrected chi connectivity index (χ4v) is 10.3. The Balaban J connectivity index is 0.000000321. The summed E-state index contributed by atoms with van der Waals surface area (Å²) in [6.45, 7) is 3.34. The maximum absolute atomic E-state index is 13.1. The molecule has 0 saturated carbocycles. The Morgan fingerprint density at radius 2 is 0.967 bits per heavy atom. The van der Waals surface area contributed by atoms with Crippen molar-refractivity contribution in [2.24, 2.45) is 32.9 Å². The van der Waals surface area contributed by atoms with Gasteiger partial charge in [0.2, 0.25) is 9.84 Å². The molecule has 24 heteroatoms. The lowest BCUT2D eigenvalue weighted by Crippen LogP contribution is -2.24. The summed E-state index contributed by atoms with van der Waals surface area (Å²) in [6.07, 6.45) is -6.95. The summed E-state index contributed by atoms with van der Waals surface area (Å²) in [5.74, 6) is -2.78. The molecule has 0 aromatic heterocycles. The Bertz CT molecular complexity index is 2700. The molecular weight excluding hydrogens is 887 g/mol. The number of rotatable bonds is 10. The molecule has 4 aromatic carbocycles. The highest BCUT2D eigenvalue weighted by atomic mass is 32.2. The van der Waals surface area contributed by atoms with Crippen LogP contribution in [0.2, 0.25) is 0 Å². The van der Waals surface area contributed by atoms with Gasteiger partial charge >= 0.3 is 12.4 Å². The highest BCUT2D eigenvalue weighted by Crippen LogP contribution is 2.38. The fourth-order valence-electron chi connectivity index (χ4n) is 5.20. The SMILES string of the molecule is CCc1cc(S(=O)(=O)c2ccc(C(F)(F)F)cc2)c(S(C)(=O)=O)cc1C(=O)N=C(N)N.CCc1cc(Sc2ccc(C(F)(F)F)cc2)c(S(C)(=O)=O)cc1C(=O)N=C(N)N. The summed E-state index contributed by atoms with van der Waals surface area (Å²) in [5.41, 5.74) is 19.4. The first-order chi connectivity index (χ1) is 27.4. The molecule has 0 aliphatic rings. The van der Waals surface area contributed by atoms with E-state index in [1.807, 2.05) is 0 Å². The van der Waals surface area contributed by atoms with Crippen LogP contribution >= 0.6 is 11.8 Å². The number of nitrogens with zero attached hydrogens (tertiary/aromatic N) is 2. The molecule has 0 fully saturated rings. The lowest BCUT2D eigenvalue weighted by molar-refractivity contribution is -0.138. The average molecular weight is 923 g/mol. The third-order valence-corrected chi connectivity index (χ3v) is 13.4. The summed E-state index contributed by atoms with van der Waals surface area (Å²) < 4.78 is 152. The molecule has 4 rings (SSSR count). The molecular formula is C36H36F6N6O8S4. The molecule has 0 spiro atoms. The number of hydrogen-bond donors (Lipinski definition) is 4. The van der Waals surface area contributed by atoms with E-state index in [9.17, 15) is 61.2 Å². The van der Waals surface area contributed by atoms with E-state index in [2.05, 4.69) is 9.98 Å². The lowest BCUT2D eigenvalue weighted by atomic mass is 10.0. The first kappa shape index (κ1) is 48.9. The third-order valence-electron chi connectivity index (χ3n) is 8.01. The Kier molecular flexibility index (Phi) is 15.0. The summed E-state index contributed by atoms with van der Waals surface area (Å²) in [5, 5.41) is 0. The van der Waals surface area contributed by atoms with Crippen LogP contribution in [0.5, 0.6) is 0 Å². The number of guanidine groups is 2. The largest absolute Gasteiger partial charge is 0.416 e. The predicted octanol–water partition coefficient (Wildman–Crippen LogP) is 5.15. The minimum Gasteiger partial charge on any atom is -0.370 e. The molecule has 324 valence electrons. The first-order valence-corrected chi connectivity index (χ1v) is 22.8. The number of nitrogens with two attached hydrogens (primary N) is 4. The van der Waals surface area contributed by atoms with Crippen molar-refractivity contribution in [2.75, 3.05) is 12.5 Å². The van der Waals surface area contributed by atoms with Gasteiger partial charge in [0, 0.05) is 33.4 Å². The molecule has 0 atom stereocenters. The van der Waals surface area contributed by atoms with Gasteiger partial charge in [0.15, 0.2) is 31.6 Å². The second-order valence-corrected chi connectivity index (χ2v) is 19.5. The summed E-state index contributed by atoms with van der Waals surface area (Å²) >= 11 is 0.981. The lowest BCUT2D eigenvalue weighted by Gasteiger charge is -2.14. The number of carbonyl (C=O) groups excluding carboxylic acids is 2. The number of aryl methyl sites for hydroxylation is 2. The zero-order valence-corrected chi connectivity index (χ0v) is 35.0. The van der Waals surface area contributed by atoms with Crippen molar-refractivity contribution in [3.63, 3.8) is 0 Å². The smallest absolute Gasteiger partial charge is 0.370 e. The highest BCUT2D eigenvalue weighted by molar-refractivity contribution is 8.00. The number of amides is 2. The van der Waals surface area contributed by atoms with Gasteiger partial charge in [-0.2, -0.15) is 36.3 Å². The van der Waals surface area contributed by atoms with Crippen molar-refractivity contribution in [2.45, 2.75) is 68.4 Å². The number of halogens is 6. The number of alkyl halides is 6. The van der Waals surface area contributed by atoms with E-state index < -0.39 is 91.4 Å². The van der Waals surface area contributed by atoms with Gasteiger partial charge in [-0.1, -0.05) is 25.6 Å². The second-order valence-electron chi connectivity index (χ2n) is 12.5. The van der Waals surface area contributed by atoms with Crippen LogP contribution in [0.3, 0.4) is 0 Å². The van der Waals surface area contributed by atoms with Gasteiger partial charge in [-0.05, 0) is 96.8 Å². The molecule has 0 unspecified atom stereocenters. The number of sulfone groups is 3. The third kappa shape index (κ3) is 12.3. The zero-order chi connectivity index (χ0) is 45.8. The van der Waals surface area contributed by atoms with Crippen LogP contribution in [-0.4, -0.2) is 61.5 Å². The molecule has 14 nitrogen and oxygen atoms in total. The minimum absolute atomic E-state index is 0.0399. The maximum atomic E-state index is 13.1.